The van der Waals surface area contributed by atoms with Gasteiger partial charge < -0.3 is 14.6 Å². The first-order chi connectivity index (χ1) is 24.3. The van der Waals surface area contributed by atoms with E-state index in [1.54, 1.807) is 25.1 Å². The van der Waals surface area contributed by atoms with Gasteiger partial charge in [-0.3, -0.25) is 14.5 Å². The third-order valence-corrected chi connectivity index (χ3v) is 10.6. The van der Waals surface area contributed by atoms with Crippen molar-refractivity contribution in [2.45, 2.75) is 29.7 Å². The molecule has 0 bridgehead atoms. The predicted octanol–water partition coefficient (Wildman–Crippen LogP) is 8.65. The molecule has 7 rings (SSSR count). The van der Waals surface area contributed by atoms with E-state index in [0.29, 0.717) is 32.7 Å². The number of ketones is 1. The van der Waals surface area contributed by atoms with E-state index < -0.39 is 29.3 Å². The summed E-state index contributed by atoms with van der Waals surface area (Å²) in [5.74, 6) is -1.48. The quantitative estimate of drug-likeness (QED) is 0.0498. The molecule has 11 heteroatoms. The molecular formula is C39H30FN3O5S2. The summed E-state index contributed by atoms with van der Waals surface area (Å²) in [6.45, 7) is 1.88. The molecule has 6 aromatic rings. The number of fused-ring (bicyclic) bond motifs is 1. The predicted molar refractivity (Wildman–Crippen MR) is 193 cm³/mol. The Hall–Kier alpha value is -5.52. The normalized spacial score (nSPS) is 15.5. The molecule has 0 radical (unpaired) electrons. The Morgan fingerprint density at radius 2 is 1.70 bits per heavy atom. The third-order valence-electron chi connectivity index (χ3n) is 8.46. The van der Waals surface area contributed by atoms with Crippen LogP contribution in [0.15, 0.2) is 119 Å². The first-order valence-electron chi connectivity index (χ1n) is 15.7. The van der Waals surface area contributed by atoms with Crippen LogP contribution in [0.2, 0.25) is 0 Å². The molecule has 1 atom stereocenters. The molecule has 1 fully saturated rings. The molecule has 1 unspecified atom stereocenters. The number of aliphatic hydroxyl groups excluding tert-OH is 1. The van der Waals surface area contributed by atoms with Crippen LogP contribution in [0.25, 0.3) is 16.5 Å². The summed E-state index contributed by atoms with van der Waals surface area (Å²) in [7, 11) is 1.49. The summed E-state index contributed by atoms with van der Waals surface area (Å²) >= 11 is 2.63. The standard InChI is InChI=1S/C39H30FN3O5S2/c1-23-15-16-27(19-30(23)40)35(44)33-34(26-17-18-31(32(20-26)47-2)48-21-24-9-4-3-5-10-24)43(37(46)36(33)45)38-41-42-39(50-38)49-22-28-13-8-12-25-11-6-7-14-29(25)28/h3-20,34,44H,21-22H2,1-2H3. The summed E-state index contributed by atoms with van der Waals surface area (Å²) in [6, 6.07) is 32.0. The summed E-state index contributed by atoms with van der Waals surface area (Å²) in [5.41, 5.74) is 2.76. The van der Waals surface area contributed by atoms with E-state index in [0.717, 1.165) is 28.0 Å². The Labute approximate surface area is 295 Å². The number of halogens is 1. The molecule has 1 aliphatic heterocycles. The zero-order valence-electron chi connectivity index (χ0n) is 27.0. The van der Waals surface area contributed by atoms with Gasteiger partial charge in [-0.25, -0.2) is 4.39 Å². The van der Waals surface area contributed by atoms with E-state index in [2.05, 4.69) is 34.5 Å². The molecule has 2 heterocycles. The van der Waals surface area contributed by atoms with Gasteiger partial charge in [-0.05, 0) is 58.1 Å². The van der Waals surface area contributed by atoms with Crippen molar-refractivity contribution in [1.29, 1.82) is 0 Å². The third kappa shape index (κ3) is 6.45. The number of rotatable bonds is 10. The number of amides is 1. The summed E-state index contributed by atoms with van der Waals surface area (Å²) in [4.78, 5) is 28.8. The number of carbonyl (C=O) groups excluding carboxylic acids is 2. The Morgan fingerprint density at radius 1 is 0.920 bits per heavy atom. The maximum Gasteiger partial charge on any atom is 0.301 e. The number of hydrogen-bond donors (Lipinski definition) is 1. The molecule has 0 aliphatic carbocycles. The van der Waals surface area contributed by atoms with Crippen molar-refractivity contribution < 1.29 is 28.6 Å². The molecule has 1 saturated heterocycles. The monoisotopic (exact) mass is 703 g/mol. The number of aromatic nitrogens is 2. The molecule has 1 aromatic heterocycles. The van der Waals surface area contributed by atoms with Crippen LogP contribution < -0.4 is 14.4 Å². The second kappa shape index (κ2) is 14.1. The fourth-order valence-electron chi connectivity index (χ4n) is 5.87. The zero-order valence-corrected chi connectivity index (χ0v) is 28.6. The second-order valence-corrected chi connectivity index (χ2v) is 13.8. The molecule has 1 aliphatic rings. The zero-order chi connectivity index (χ0) is 34.8. The first kappa shape index (κ1) is 33.0. The number of aryl methyl sites for hydroxylation is 1. The van der Waals surface area contributed by atoms with Gasteiger partial charge >= 0.3 is 5.91 Å². The number of ether oxygens (including phenoxy) is 2. The van der Waals surface area contributed by atoms with Crippen LogP contribution in [0.5, 0.6) is 11.5 Å². The van der Waals surface area contributed by atoms with Crippen molar-refractivity contribution >= 4 is 56.5 Å². The number of hydrogen-bond acceptors (Lipinski definition) is 9. The molecule has 5 aromatic carbocycles. The Bertz CT molecular complexity index is 2270. The van der Waals surface area contributed by atoms with E-state index in [9.17, 15) is 19.1 Å². The fraction of sp³-hybridized carbons (Fsp3) is 0.128. The summed E-state index contributed by atoms with van der Waals surface area (Å²) in [5, 5.41) is 22.7. The minimum Gasteiger partial charge on any atom is -0.507 e. The smallest absolute Gasteiger partial charge is 0.301 e. The Balaban J connectivity index is 1.26. The van der Waals surface area contributed by atoms with Crippen LogP contribution >= 0.6 is 23.1 Å². The molecule has 1 amide bonds. The lowest BCUT2D eigenvalue weighted by Crippen LogP contribution is -2.29. The minimum absolute atomic E-state index is 0.0643. The first-order valence-corrected chi connectivity index (χ1v) is 17.5. The maximum atomic E-state index is 14.6. The van der Waals surface area contributed by atoms with Crippen LogP contribution in [0.4, 0.5) is 9.52 Å². The van der Waals surface area contributed by atoms with Crippen molar-refractivity contribution in [2.75, 3.05) is 12.0 Å². The number of Topliss-reactive ketones (excluding diaryl/α,β-unsaturated/α-hetero) is 1. The van der Waals surface area contributed by atoms with Gasteiger partial charge in [0.05, 0.1) is 18.7 Å². The topological polar surface area (TPSA) is 102 Å². The van der Waals surface area contributed by atoms with Gasteiger partial charge in [-0.15, -0.1) is 10.2 Å². The minimum atomic E-state index is -1.12. The number of methoxy groups -OCH3 is 1. The van der Waals surface area contributed by atoms with E-state index in [1.807, 2.05) is 48.5 Å². The van der Waals surface area contributed by atoms with E-state index in [-0.39, 0.29) is 22.9 Å². The highest BCUT2D eigenvalue weighted by Crippen LogP contribution is 2.46. The van der Waals surface area contributed by atoms with Crippen LogP contribution in [0, 0.1) is 12.7 Å². The van der Waals surface area contributed by atoms with E-state index in [1.165, 1.54) is 47.2 Å². The van der Waals surface area contributed by atoms with Gasteiger partial charge in [0.1, 0.15) is 18.2 Å². The van der Waals surface area contributed by atoms with Crippen LogP contribution in [0.1, 0.15) is 33.9 Å². The number of benzene rings is 5. The molecule has 50 heavy (non-hydrogen) atoms. The maximum absolute atomic E-state index is 14.6. The van der Waals surface area contributed by atoms with Crippen LogP contribution in [0.3, 0.4) is 0 Å². The van der Waals surface area contributed by atoms with Crippen molar-refractivity contribution in [3.8, 4) is 11.5 Å². The van der Waals surface area contributed by atoms with Gasteiger partial charge in [0, 0.05) is 11.3 Å². The largest absolute Gasteiger partial charge is 0.507 e. The highest BCUT2D eigenvalue weighted by Gasteiger charge is 2.48. The number of thioether (sulfide) groups is 1. The molecular weight excluding hydrogens is 674 g/mol. The Morgan fingerprint density at radius 3 is 2.50 bits per heavy atom. The van der Waals surface area contributed by atoms with E-state index in [4.69, 9.17) is 9.47 Å². The molecule has 0 saturated carbocycles. The van der Waals surface area contributed by atoms with Crippen LogP contribution in [-0.4, -0.2) is 34.1 Å². The second-order valence-electron chi connectivity index (χ2n) is 11.6. The van der Waals surface area contributed by atoms with Crippen molar-refractivity contribution in [3.63, 3.8) is 0 Å². The van der Waals surface area contributed by atoms with Crippen molar-refractivity contribution in [3.05, 3.63) is 148 Å². The molecule has 1 N–H and O–H groups in total. The molecule has 0 spiro atoms. The average Bonchev–Trinajstić information content (AvgIpc) is 3.72. The lowest BCUT2D eigenvalue weighted by Gasteiger charge is -2.23. The van der Waals surface area contributed by atoms with Gasteiger partial charge in [0.15, 0.2) is 15.8 Å². The summed E-state index contributed by atoms with van der Waals surface area (Å²) in [6.07, 6.45) is 0. The Kier molecular flexibility index (Phi) is 9.34. The van der Waals surface area contributed by atoms with Crippen LogP contribution in [-0.2, 0) is 21.9 Å². The average molecular weight is 704 g/mol. The number of carbonyl (C=O) groups is 2. The van der Waals surface area contributed by atoms with Gasteiger partial charge in [0.25, 0.3) is 5.78 Å². The number of anilines is 1. The van der Waals surface area contributed by atoms with Gasteiger partial charge in [0.2, 0.25) is 5.13 Å². The SMILES string of the molecule is COc1cc(C2C(=C(O)c3ccc(C)c(F)c3)C(=O)C(=O)N2c2nnc(SCc3cccc4ccccc34)s2)ccc1OCc1ccccc1. The van der Waals surface area contributed by atoms with Crippen molar-refractivity contribution in [2.24, 2.45) is 0 Å². The van der Waals surface area contributed by atoms with E-state index >= 15 is 0 Å². The highest BCUT2D eigenvalue weighted by atomic mass is 32.2. The van der Waals surface area contributed by atoms with Gasteiger partial charge in [-0.2, -0.15) is 0 Å². The lowest BCUT2D eigenvalue weighted by molar-refractivity contribution is -0.132. The van der Waals surface area contributed by atoms with Gasteiger partial charge in [-0.1, -0.05) is 114 Å². The highest BCUT2D eigenvalue weighted by molar-refractivity contribution is 8.00. The molecule has 8 nitrogen and oxygen atoms in total. The summed E-state index contributed by atoms with van der Waals surface area (Å²) < 4.78 is 27.0. The fourth-order valence-corrected chi connectivity index (χ4v) is 7.74. The molecule has 250 valence electrons. The number of aliphatic hydroxyl groups is 1. The lowest BCUT2D eigenvalue weighted by atomic mass is 9.94. The van der Waals surface area contributed by atoms with Crippen molar-refractivity contribution in [1.82, 2.24) is 10.2 Å². The number of nitrogens with zero attached hydrogens (tertiary/aromatic N) is 3.